The molecular weight excluding hydrogens is 170 g/mol. The lowest BCUT2D eigenvalue weighted by molar-refractivity contribution is 0.134. The number of ether oxygens (including phenoxy) is 1. The average molecular weight is 185 g/mol. The molecule has 0 fully saturated rings. The largest absolute Gasteiger partial charge is 0.380 e. The minimum Gasteiger partial charge on any atom is -0.380 e. The quantitative estimate of drug-likeness (QED) is 0.779. The molecular formula is C9H15NOS. The van der Waals surface area contributed by atoms with Gasteiger partial charge in [0.25, 0.3) is 0 Å². The number of hydrogen-bond acceptors (Lipinski definition) is 3. The highest BCUT2D eigenvalue weighted by Crippen LogP contribution is 2.20. The smallest absolute Gasteiger partial charge is 0.0667 e. The normalized spacial score (nSPS) is 13.2. The Morgan fingerprint density at radius 3 is 2.83 bits per heavy atom. The van der Waals surface area contributed by atoms with Crippen LogP contribution in [0.2, 0.25) is 0 Å². The van der Waals surface area contributed by atoms with Crippen LogP contribution < -0.4 is 5.73 Å². The molecule has 0 aliphatic heterocycles. The summed E-state index contributed by atoms with van der Waals surface area (Å²) in [6.45, 7) is 5.42. The standard InChI is InChI=1S/C9H15NOS/c1-3-11-6-8(10)9-5-4-7(2)12-9/h4-5,8H,3,6,10H2,1-2H3. The Bertz CT molecular complexity index is 234. The van der Waals surface area contributed by atoms with Gasteiger partial charge in [-0.2, -0.15) is 0 Å². The molecule has 2 nitrogen and oxygen atoms in total. The first-order chi connectivity index (χ1) is 5.74. The number of thiophene rings is 1. The third-order valence-corrected chi connectivity index (χ3v) is 2.76. The van der Waals surface area contributed by atoms with Crippen LogP contribution in [-0.4, -0.2) is 13.2 Å². The van der Waals surface area contributed by atoms with Crippen LogP contribution in [-0.2, 0) is 4.74 Å². The topological polar surface area (TPSA) is 35.2 Å². The first-order valence-electron chi connectivity index (χ1n) is 4.13. The van der Waals surface area contributed by atoms with Crippen LogP contribution in [0, 0.1) is 6.92 Å². The Labute approximate surface area is 77.3 Å². The van der Waals surface area contributed by atoms with Gasteiger partial charge in [0.1, 0.15) is 0 Å². The summed E-state index contributed by atoms with van der Waals surface area (Å²) in [5.41, 5.74) is 5.88. The summed E-state index contributed by atoms with van der Waals surface area (Å²) >= 11 is 1.74. The van der Waals surface area contributed by atoms with Gasteiger partial charge in [0.05, 0.1) is 12.6 Å². The molecule has 0 radical (unpaired) electrons. The maximum Gasteiger partial charge on any atom is 0.0667 e. The lowest BCUT2D eigenvalue weighted by Gasteiger charge is -2.08. The van der Waals surface area contributed by atoms with Crippen LogP contribution in [0.15, 0.2) is 12.1 Å². The molecule has 3 heteroatoms. The second kappa shape index (κ2) is 4.60. The fourth-order valence-corrected chi connectivity index (χ4v) is 1.84. The Morgan fingerprint density at radius 2 is 2.33 bits per heavy atom. The van der Waals surface area contributed by atoms with E-state index in [2.05, 4.69) is 19.1 Å². The highest BCUT2D eigenvalue weighted by atomic mass is 32.1. The van der Waals surface area contributed by atoms with Gasteiger partial charge in [-0.05, 0) is 26.0 Å². The maximum atomic E-state index is 5.88. The molecule has 0 spiro atoms. The molecule has 1 rings (SSSR count). The van der Waals surface area contributed by atoms with Crippen molar-refractivity contribution in [3.63, 3.8) is 0 Å². The highest BCUT2D eigenvalue weighted by Gasteiger charge is 2.07. The van der Waals surface area contributed by atoms with E-state index in [1.165, 1.54) is 9.75 Å². The van der Waals surface area contributed by atoms with Gasteiger partial charge in [-0.25, -0.2) is 0 Å². The van der Waals surface area contributed by atoms with Crippen LogP contribution in [0.4, 0.5) is 0 Å². The number of hydrogen-bond donors (Lipinski definition) is 1. The molecule has 0 aliphatic carbocycles. The van der Waals surface area contributed by atoms with E-state index in [0.29, 0.717) is 6.61 Å². The van der Waals surface area contributed by atoms with E-state index in [0.717, 1.165) is 6.61 Å². The SMILES string of the molecule is CCOCC(N)c1ccc(C)s1. The van der Waals surface area contributed by atoms with Gasteiger partial charge in [-0.15, -0.1) is 11.3 Å². The zero-order valence-electron chi connectivity index (χ0n) is 7.54. The van der Waals surface area contributed by atoms with Crippen molar-refractivity contribution >= 4 is 11.3 Å². The van der Waals surface area contributed by atoms with Crippen molar-refractivity contribution in [3.05, 3.63) is 21.9 Å². The summed E-state index contributed by atoms with van der Waals surface area (Å²) in [5.74, 6) is 0. The monoisotopic (exact) mass is 185 g/mol. The Hall–Kier alpha value is -0.380. The summed E-state index contributed by atoms with van der Waals surface area (Å²) in [7, 11) is 0. The van der Waals surface area contributed by atoms with Crippen LogP contribution >= 0.6 is 11.3 Å². The second-order valence-electron chi connectivity index (χ2n) is 2.71. The minimum absolute atomic E-state index is 0.0450. The van der Waals surface area contributed by atoms with Crippen molar-refractivity contribution in [3.8, 4) is 0 Å². The Balaban J connectivity index is 2.47. The molecule has 1 aromatic heterocycles. The van der Waals surface area contributed by atoms with Gasteiger partial charge in [0.2, 0.25) is 0 Å². The molecule has 0 saturated heterocycles. The van der Waals surface area contributed by atoms with Gasteiger partial charge in [0, 0.05) is 16.4 Å². The van der Waals surface area contributed by atoms with E-state index in [9.17, 15) is 0 Å². The molecule has 1 heterocycles. The zero-order chi connectivity index (χ0) is 8.97. The van der Waals surface area contributed by atoms with Crippen molar-refractivity contribution in [1.82, 2.24) is 0 Å². The van der Waals surface area contributed by atoms with Gasteiger partial charge in [0.15, 0.2) is 0 Å². The molecule has 0 saturated carbocycles. The molecule has 1 aromatic rings. The van der Waals surface area contributed by atoms with E-state index < -0.39 is 0 Å². The van der Waals surface area contributed by atoms with Crippen molar-refractivity contribution in [2.45, 2.75) is 19.9 Å². The summed E-state index contributed by atoms with van der Waals surface area (Å²) in [6.07, 6.45) is 0. The third-order valence-electron chi connectivity index (χ3n) is 1.63. The summed E-state index contributed by atoms with van der Waals surface area (Å²) in [4.78, 5) is 2.51. The van der Waals surface area contributed by atoms with E-state index in [1.807, 2.05) is 6.92 Å². The van der Waals surface area contributed by atoms with Gasteiger partial charge < -0.3 is 10.5 Å². The minimum atomic E-state index is 0.0450. The molecule has 1 atom stereocenters. The highest BCUT2D eigenvalue weighted by molar-refractivity contribution is 7.12. The van der Waals surface area contributed by atoms with Gasteiger partial charge in [-0.1, -0.05) is 0 Å². The Kier molecular flexibility index (Phi) is 3.72. The first-order valence-corrected chi connectivity index (χ1v) is 4.95. The van der Waals surface area contributed by atoms with Crippen molar-refractivity contribution < 1.29 is 4.74 Å². The zero-order valence-corrected chi connectivity index (χ0v) is 8.36. The summed E-state index contributed by atoms with van der Waals surface area (Å²) in [5, 5.41) is 0. The first kappa shape index (κ1) is 9.71. The van der Waals surface area contributed by atoms with Crippen LogP contribution in [0.3, 0.4) is 0 Å². The molecule has 0 aromatic carbocycles. The van der Waals surface area contributed by atoms with Crippen molar-refractivity contribution in [1.29, 1.82) is 0 Å². The van der Waals surface area contributed by atoms with E-state index >= 15 is 0 Å². The van der Waals surface area contributed by atoms with E-state index in [-0.39, 0.29) is 6.04 Å². The Morgan fingerprint density at radius 1 is 1.58 bits per heavy atom. The predicted octanol–water partition coefficient (Wildman–Crippen LogP) is 2.09. The van der Waals surface area contributed by atoms with E-state index in [4.69, 9.17) is 10.5 Å². The predicted molar refractivity (Wildman–Crippen MR) is 52.5 cm³/mol. The molecule has 68 valence electrons. The van der Waals surface area contributed by atoms with Gasteiger partial charge >= 0.3 is 0 Å². The van der Waals surface area contributed by atoms with Crippen molar-refractivity contribution in [2.75, 3.05) is 13.2 Å². The maximum absolute atomic E-state index is 5.88. The summed E-state index contributed by atoms with van der Waals surface area (Å²) in [6, 6.07) is 4.21. The lowest BCUT2D eigenvalue weighted by Crippen LogP contribution is -2.15. The molecule has 0 aliphatic rings. The fourth-order valence-electron chi connectivity index (χ4n) is 0.980. The summed E-state index contributed by atoms with van der Waals surface area (Å²) < 4.78 is 5.24. The molecule has 2 N–H and O–H groups in total. The van der Waals surface area contributed by atoms with Crippen LogP contribution in [0.5, 0.6) is 0 Å². The number of rotatable bonds is 4. The number of aryl methyl sites for hydroxylation is 1. The average Bonchev–Trinajstić information content (AvgIpc) is 2.47. The molecule has 0 bridgehead atoms. The van der Waals surface area contributed by atoms with Crippen LogP contribution in [0.1, 0.15) is 22.7 Å². The third kappa shape index (κ3) is 2.59. The number of nitrogens with two attached hydrogens (primary N) is 1. The lowest BCUT2D eigenvalue weighted by atomic mass is 10.3. The fraction of sp³-hybridized carbons (Fsp3) is 0.556. The molecule has 1 unspecified atom stereocenters. The second-order valence-corrected chi connectivity index (χ2v) is 4.03. The van der Waals surface area contributed by atoms with Gasteiger partial charge in [-0.3, -0.25) is 0 Å². The molecule has 12 heavy (non-hydrogen) atoms. The van der Waals surface area contributed by atoms with E-state index in [1.54, 1.807) is 11.3 Å². The van der Waals surface area contributed by atoms with Crippen LogP contribution in [0.25, 0.3) is 0 Å². The molecule has 0 amide bonds. The van der Waals surface area contributed by atoms with Crippen molar-refractivity contribution in [2.24, 2.45) is 5.73 Å².